The van der Waals surface area contributed by atoms with Gasteiger partial charge < -0.3 is 15.0 Å². The van der Waals surface area contributed by atoms with E-state index >= 15 is 0 Å². The van der Waals surface area contributed by atoms with Gasteiger partial charge in [0.25, 0.3) is 5.91 Å². The second kappa shape index (κ2) is 12.7. The van der Waals surface area contributed by atoms with Gasteiger partial charge in [-0.25, -0.2) is 0 Å². The van der Waals surface area contributed by atoms with Gasteiger partial charge in [0.05, 0.1) is 12.8 Å². The van der Waals surface area contributed by atoms with E-state index in [1.54, 1.807) is 18.9 Å². The molecule has 4 aromatic rings. The number of hydrogen-bond acceptors (Lipinski definition) is 5. The van der Waals surface area contributed by atoms with Gasteiger partial charge in [0.15, 0.2) is 0 Å². The number of anilines is 2. The van der Waals surface area contributed by atoms with Gasteiger partial charge in [0.2, 0.25) is 0 Å². The molecule has 0 radical (unpaired) electrons. The number of benzene rings is 4. The first kappa shape index (κ1) is 25.9. The van der Waals surface area contributed by atoms with Gasteiger partial charge >= 0.3 is 0 Å². The molecule has 4 aromatic carbocycles. The van der Waals surface area contributed by atoms with Crippen LogP contribution in [0.2, 0.25) is 0 Å². The van der Waals surface area contributed by atoms with E-state index in [2.05, 4.69) is 75.8 Å². The lowest BCUT2D eigenvalue weighted by atomic mass is 10.1. The molecule has 1 aliphatic rings. The van der Waals surface area contributed by atoms with E-state index in [9.17, 15) is 4.79 Å². The number of carbonyl (C=O) groups excluding carboxylic acids is 1. The van der Waals surface area contributed by atoms with Crippen LogP contribution in [0.3, 0.4) is 0 Å². The highest BCUT2D eigenvalue weighted by Gasteiger charge is 2.19. The Morgan fingerprint density at radius 2 is 1.45 bits per heavy atom. The molecule has 1 amide bonds. The summed E-state index contributed by atoms with van der Waals surface area (Å²) in [5.41, 5.74) is 5.07. The minimum Gasteiger partial charge on any atom is -0.495 e. The first-order chi connectivity index (χ1) is 18.7. The molecule has 0 aliphatic carbocycles. The van der Waals surface area contributed by atoms with Crippen molar-refractivity contribution in [3.63, 3.8) is 0 Å². The van der Waals surface area contributed by atoms with E-state index < -0.39 is 0 Å². The fourth-order valence-electron chi connectivity index (χ4n) is 4.63. The lowest BCUT2D eigenvalue weighted by molar-refractivity contribution is 0.102. The Labute approximate surface area is 229 Å². The van der Waals surface area contributed by atoms with Crippen LogP contribution in [-0.2, 0) is 12.3 Å². The number of piperazine rings is 1. The van der Waals surface area contributed by atoms with Crippen molar-refractivity contribution >= 4 is 29.0 Å². The zero-order chi connectivity index (χ0) is 26.2. The zero-order valence-corrected chi connectivity index (χ0v) is 22.5. The van der Waals surface area contributed by atoms with Crippen molar-refractivity contribution in [1.82, 2.24) is 4.90 Å². The molecule has 38 heavy (non-hydrogen) atoms. The summed E-state index contributed by atoms with van der Waals surface area (Å²) in [4.78, 5) is 18.9. The predicted octanol–water partition coefficient (Wildman–Crippen LogP) is 6.56. The predicted molar refractivity (Wildman–Crippen MR) is 157 cm³/mol. The molecule has 0 aromatic heterocycles. The van der Waals surface area contributed by atoms with Crippen LogP contribution in [0, 0.1) is 0 Å². The topological polar surface area (TPSA) is 44.8 Å². The third-order valence-electron chi connectivity index (χ3n) is 6.78. The van der Waals surface area contributed by atoms with E-state index in [1.807, 2.05) is 42.5 Å². The van der Waals surface area contributed by atoms with Crippen molar-refractivity contribution in [2.75, 3.05) is 43.5 Å². The number of para-hydroxylation sites is 2. The maximum atomic E-state index is 12.8. The van der Waals surface area contributed by atoms with Gasteiger partial charge in [-0.2, -0.15) is 0 Å². The molecule has 1 aliphatic heterocycles. The summed E-state index contributed by atoms with van der Waals surface area (Å²) in [6.45, 7) is 4.78. The monoisotopic (exact) mass is 523 g/mol. The summed E-state index contributed by atoms with van der Waals surface area (Å²) in [6, 6.07) is 34.6. The minimum atomic E-state index is -0.0895. The maximum Gasteiger partial charge on any atom is 0.255 e. The van der Waals surface area contributed by atoms with Gasteiger partial charge in [-0.15, -0.1) is 11.8 Å². The van der Waals surface area contributed by atoms with E-state index in [0.717, 1.165) is 55.6 Å². The van der Waals surface area contributed by atoms with Crippen LogP contribution in [0.4, 0.5) is 11.4 Å². The molecule has 5 nitrogen and oxygen atoms in total. The van der Waals surface area contributed by atoms with Crippen molar-refractivity contribution in [3.05, 3.63) is 120 Å². The quantitative estimate of drug-likeness (QED) is 0.252. The zero-order valence-electron chi connectivity index (χ0n) is 21.7. The van der Waals surface area contributed by atoms with Crippen LogP contribution >= 0.6 is 11.8 Å². The molecule has 1 fully saturated rings. The number of methoxy groups -OCH3 is 1. The van der Waals surface area contributed by atoms with Gasteiger partial charge in [-0.05, 0) is 59.7 Å². The Balaban J connectivity index is 1.09. The molecule has 1 saturated heterocycles. The summed E-state index contributed by atoms with van der Waals surface area (Å²) >= 11 is 1.81. The highest BCUT2D eigenvalue weighted by molar-refractivity contribution is 7.98. The van der Waals surface area contributed by atoms with Gasteiger partial charge in [-0.3, -0.25) is 9.69 Å². The largest absolute Gasteiger partial charge is 0.495 e. The van der Waals surface area contributed by atoms with Crippen molar-refractivity contribution in [1.29, 1.82) is 0 Å². The van der Waals surface area contributed by atoms with Crippen molar-refractivity contribution in [2.24, 2.45) is 0 Å². The molecule has 5 rings (SSSR count). The third kappa shape index (κ3) is 6.77. The maximum absolute atomic E-state index is 12.8. The van der Waals surface area contributed by atoms with E-state index in [-0.39, 0.29) is 5.91 Å². The van der Waals surface area contributed by atoms with Crippen LogP contribution < -0.4 is 15.0 Å². The molecule has 194 valence electrons. The Morgan fingerprint density at radius 3 is 2.16 bits per heavy atom. The Morgan fingerprint density at radius 1 is 0.789 bits per heavy atom. The number of nitrogens with one attached hydrogen (secondary N) is 1. The lowest BCUT2D eigenvalue weighted by Crippen LogP contribution is -2.46. The standard InChI is InChI=1S/C32H33N3O2S/c1-37-31-10-6-5-9-30(31)35-21-19-34(20-22-35)23-25-11-15-27(16-12-25)32(36)33-28-17-13-26(14-18-28)24-38-29-7-3-2-4-8-29/h2-18H,19-24H2,1H3,(H,33,36). The number of carbonyl (C=O) groups is 1. The van der Waals surface area contributed by atoms with Crippen molar-refractivity contribution in [2.45, 2.75) is 17.2 Å². The van der Waals surface area contributed by atoms with Crippen molar-refractivity contribution in [3.8, 4) is 5.75 Å². The molecule has 0 saturated carbocycles. The SMILES string of the molecule is COc1ccccc1N1CCN(Cc2ccc(C(=O)Nc3ccc(CSc4ccccc4)cc3)cc2)CC1. The number of rotatable bonds is 9. The van der Waals surface area contributed by atoms with Gasteiger partial charge in [0, 0.05) is 54.6 Å². The summed E-state index contributed by atoms with van der Waals surface area (Å²) in [6.07, 6.45) is 0. The summed E-state index contributed by atoms with van der Waals surface area (Å²) in [5, 5.41) is 3.02. The summed E-state index contributed by atoms with van der Waals surface area (Å²) in [5.74, 6) is 1.73. The number of thioether (sulfide) groups is 1. The first-order valence-electron chi connectivity index (χ1n) is 13.0. The van der Waals surface area contributed by atoms with Gasteiger partial charge in [0.1, 0.15) is 5.75 Å². The molecule has 0 spiro atoms. The normalized spacial score (nSPS) is 13.8. The molecular weight excluding hydrogens is 490 g/mol. The average Bonchev–Trinajstić information content (AvgIpc) is 2.98. The Bertz CT molecular complexity index is 1320. The van der Waals surface area contributed by atoms with Crippen LogP contribution in [-0.4, -0.2) is 44.1 Å². The Hall–Kier alpha value is -3.74. The molecule has 6 heteroatoms. The van der Waals surface area contributed by atoms with Crippen LogP contribution in [0.1, 0.15) is 21.5 Å². The van der Waals surface area contributed by atoms with E-state index in [0.29, 0.717) is 5.56 Å². The molecule has 0 bridgehead atoms. The summed E-state index contributed by atoms with van der Waals surface area (Å²) in [7, 11) is 1.72. The van der Waals surface area contributed by atoms with E-state index in [1.165, 1.54) is 16.0 Å². The molecule has 0 atom stereocenters. The minimum absolute atomic E-state index is 0.0895. The fourth-order valence-corrected chi connectivity index (χ4v) is 5.50. The Kier molecular flexibility index (Phi) is 8.64. The van der Waals surface area contributed by atoms with Crippen molar-refractivity contribution < 1.29 is 9.53 Å². The number of nitrogens with zero attached hydrogens (tertiary/aromatic N) is 2. The number of amides is 1. The van der Waals surface area contributed by atoms with Crippen LogP contribution in [0.5, 0.6) is 5.75 Å². The lowest BCUT2D eigenvalue weighted by Gasteiger charge is -2.36. The highest BCUT2D eigenvalue weighted by Crippen LogP contribution is 2.28. The second-order valence-corrected chi connectivity index (χ2v) is 10.4. The average molecular weight is 524 g/mol. The molecule has 1 heterocycles. The number of ether oxygens (including phenoxy) is 1. The van der Waals surface area contributed by atoms with Crippen LogP contribution in [0.15, 0.2) is 108 Å². The first-order valence-corrected chi connectivity index (χ1v) is 13.9. The third-order valence-corrected chi connectivity index (χ3v) is 7.86. The number of hydrogen-bond donors (Lipinski definition) is 1. The smallest absolute Gasteiger partial charge is 0.255 e. The van der Waals surface area contributed by atoms with Crippen LogP contribution in [0.25, 0.3) is 0 Å². The van der Waals surface area contributed by atoms with E-state index in [4.69, 9.17) is 4.74 Å². The second-order valence-electron chi connectivity index (χ2n) is 9.38. The fraction of sp³-hybridized carbons (Fsp3) is 0.219. The molecule has 1 N–H and O–H groups in total. The molecular formula is C32H33N3O2S. The molecule has 0 unspecified atom stereocenters. The highest BCUT2D eigenvalue weighted by atomic mass is 32.2. The van der Waals surface area contributed by atoms with Gasteiger partial charge in [-0.1, -0.05) is 54.6 Å². The summed E-state index contributed by atoms with van der Waals surface area (Å²) < 4.78 is 5.53.